The Balaban J connectivity index is 3.01. The summed E-state index contributed by atoms with van der Waals surface area (Å²) in [6, 6.07) is 3.70. The van der Waals surface area contributed by atoms with E-state index in [0.29, 0.717) is 12.1 Å². The van der Waals surface area contributed by atoms with Gasteiger partial charge in [-0.05, 0) is 26.3 Å². The zero-order valence-corrected chi connectivity index (χ0v) is 11.2. The summed E-state index contributed by atoms with van der Waals surface area (Å²) in [5.41, 5.74) is -0.203. The van der Waals surface area contributed by atoms with Gasteiger partial charge in [-0.3, -0.25) is 20.2 Å². The minimum Gasteiger partial charge on any atom is -0.307 e. The van der Waals surface area contributed by atoms with E-state index in [4.69, 9.17) is 0 Å². The highest BCUT2D eigenvalue weighted by atomic mass is 16.6. The number of benzene rings is 1. The summed E-state index contributed by atoms with van der Waals surface area (Å²) in [5, 5.41) is 24.8. The summed E-state index contributed by atoms with van der Waals surface area (Å²) in [5.74, 6) is 0. The monoisotopic (exact) mass is 267 g/mol. The first kappa shape index (κ1) is 15.0. The molecule has 0 heterocycles. The fourth-order valence-electron chi connectivity index (χ4n) is 1.44. The van der Waals surface area contributed by atoms with Crippen LogP contribution in [0, 0.1) is 20.2 Å². The number of hydrogen-bond donors (Lipinski definition) is 1. The number of nitro benzene ring substituents is 2. The molecule has 0 amide bonds. The molecule has 1 N–H and O–H groups in total. The molecule has 0 radical (unpaired) electrons. The summed E-state index contributed by atoms with van der Waals surface area (Å²) in [6.07, 6.45) is 0.869. The minimum absolute atomic E-state index is 0.143. The van der Waals surface area contributed by atoms with Gasteiger partial charge in [0.05, 0.1) is 15.9 Å². The van der Waals surface area contributed by atoms with Gasteiger partial charge in [0.1, 0.15) is 0 Å². The van der Waals surface area contributed by atoms with Crippen molar-refractivity contribution in [2.75, 3.05) is 0 Å². The summed E-state index contributed by atoms with van der Waals surface area (Å²) in [7, 11) is 0. The van der Waals surface area contributed by atoms with Gasteiger partial charge in [-0.2, -0.15) is 0 Å². The van der Waals surface area contributed by atoms with Crippen molar-refractivity contribution < 1.29 is 9.85 Å². The lowest BCUT2D eigenvalue weighted by Gasteiger charge is -2.24. The smallest absolute Gasteiger partial charge is 0.280 e. The first-order valence-electron chi connectivity index (χ1n) is 5.93. The summed E-state index contributed by atoms with van der Waals surface area (Å²) < 4.78 is 0. The van der Waals surface area contributed by atoms with Gasteiger partial charge in [0.2, 0.25) is 0 Å². The summed E-state index contributed by atoms with van der Waals surface area (Å²) in [6.45, 7) is 6.29. The highest BCUT2D eigenvalue weighted by Gasteiger charge is 2.21. The van der Waals surface area contributed by atoms with Crippen LogP contribution in [-0.2, 0) is 6.54 Å². The first-order chi connectivity index (χ1) is 8.76. The van der Waals surface area contributed by atoms with Crippen molar-refractivity contribution in [2.24, 2.45) is 0 Å². The molecule has 0 fully saturated rings. The van der Waals surface area contributed by atoms with Crippen LogP contribution in [0.1, 0.15) is 32.8 Å². The van der Waals surface area contributed by atoms with E-state index in [9.17, 15) is 20.2 Å². The van der Waals surface area contributed by atoms with E-state index in [-0.39, 0.29) is 16.9 Å². The molecule has 104 valence electrons. The predicted molar refractivity (Wildman–Crippen MR) is 71.0 cm³/mol. The van der Waals surface area contributed by atoms with Gasteiger partial charge in [-0.1, -0.05) is 6.92 Å². The Morgan fingerprint density at radius 3 is 2.32 bits per heavy atom. The van der Waals surface area contributed by atoms with Crippen LogP contribution >= 0.6 is 0 Å². The molecule has 0 aliphatic rings. The molecule has 1 aromatic rings. The number of hydrogen-bond acceptors (Lipinski definition) is 5. The van der Waals surface area contributed by atoms with Crippen molar-refractivity contribution >= 4 is 11.4 Å². The van der Waals surface area contributed by atoms with E-state index in [1.54, 1.807) is 0 Å². The summed E-state index contributed by atoms with van der Waals surface area (Å²) >= 11 is 0. The molecule has 0 aliphatic carbocycles. The first-order valence-corrected chi connectivity index (χ1v) is 5.93. The van der Waals surface area contributed by atoms with Crippen molar-refractivity contribution in [1.29, 1.82) is 0 Å². The molecule has 0 bridgehead atoms. The van der Waals surface area contributed by atoms with Crippen molar-refractivity contribution in [3.05, 3.63) is 44.0 Å². The lowest BCUT2D eigenvalue weighted by molar-refractivity contribution is -0.394. The molecule has 1 rings (SSSR count). The van der Waals surface area contributed by atoms with E-state index < -0.39 is 9.85 Å². The van der Waals surface area contributed by atoms with Gasteiger partial charge in [0.25, 0.3) is 11.4 Å². The zero-order chi connectivity index (χ0) is 14.6. The average molecular weight is 267 g/mol. The maximum atomic E-state index is 10.9. The Hall–Kier alpha value is -2.02. The van der Waals surface area contributed by atoms with Crippen LogP contribution in [0.25, 0.3) is 0 Å². The van der Waals surface area contributed by atoms with Crippen LogP contribution in [0.5, 0.6) is 0 Å². The van der Waals surface area contributed by atoms with Crippen LogP contribution in [0.3, 0.4) is 0 Å². The molecule has 19 heavy (non-hydrogen) atoms. The molecule has 0 saturated heterocycles. The van der Waals surface area contributed by atoms with E-state index >= 15 is 0 Å². The summed E-state index contributed by atoms with van der Waals surface area (Å²) in [4.78, 5) is 20.3. The van der Waals surface area contributed by atoms with Gasteiger partial charge >= 0.3 is 0 Å². The Labute approximate surface area is 110 Å². The van der Waals surface area contributed by atoms with E-state index in [0.717, 1.165) is 12.5 Å². The highest BCUT2D eigenvalue weighted by molar-refractivity contribution is 5.49. The molecule has 7 nitrogen and oxygen atoms in total. The quantitative estimate of drug-likeness (QED) is 0.631. The van der Waals surface area contributed by atoms with Crippen molar-refractivity contribution in [1.82, 2.24) is 5.32 Å². The molecule has 0 aliphatic heterocycles. The molecule has 0 aromatic heterocycles. The maximum Gasteiger partial charge on any atom is 0.280 e. The highest BCUT2D eigenvalue weighted by Crippen LogP contribution is 2.25. The van der Waals surface area contributed by atoms with Crippen LogP contribution in [0.2, 0.25) is 0 Å². The Kier molecular flexibility index (Phi) is 4.55. The van der Waals surface area contributed by atoms with Crippen molar-refractivity contribution in [3.8, 4) is 0 Å². The Bertz CT molecular complexity index is 500. The molecule has 1 aromatic carbocycles. The molecule has 7 heteroatoms. The predicted octanol–water partition coefficient (Wildman–Crippen LogP) is 2.78. The third kappa shape index (κ3) is 3.99. The van der Waals surface area contributed by atoms with Crippen molar-refractivity contribution in [3.63, 3.8) is 0 Å². The average Bonchev–Trinajstić information content (AvgIpc) is 2.36. The van der Waals surface area contributed by atoms with Gasteiger partial charge in [0.15, 0.2) is 0 Å². The Morgan fingerprint density at radius 2 is 1.84 bits per heavy atom. The lowest BCUT2D eigenvalue weighted by Crippen LogP contribution is -2.37. The third-order valence-corrected chi connectivity index (χ3v) is 3.12. The van der Waals surface area contributed by atoms with Crippen LogP contribution in [0.4, 0.5) is 11.4 Å². The van der Waals surface area contributed by atoms with Gasteiger partial charge in [0, 0.05) is 23.7 Å². The molecule has 0 unspecified atom stereocenters. The van der Waals surface area contributed by atoms with Gasteiger partial charge in [-0.15, -0.1) is 0 Å². The maximum absolute atomic E-state index is 10.9. The molecule has 0 atom stereocenters. The second-order valence-electron chi connectivity index (χ2n) is 4.92. The van der Waals surface area contributed by atoms with Crippen LogP contribution in [0.15, 0.2) is 18.2 Å². The van der Waals surface area contributed by atoms with Crippen molar-refractivity contribution in [2.45, 2.75) is 39.3 Å². The SMILES string of the molecule is CCC(C)(C)NCc1ccc([N+](=O)[O-])cc1[N+](=O)[O-]. The second-order valence-corrected chi connectivity index (χ2v) is 4.92. The van der Waals surface area contributed by atoms with Gasteiger partial charge in [-0.25, -0.2) is 0 Å². The standard InChI is InChI=1S/C12H17N3O4/c1-4-12(2,3)13-8-9-5-6-10(14(16)17)7-11(9)15(18)19/h5-7,13H,4,8H2,1-3H3. The molecular weight excluding hydrogens is 250 g/mol. The number of rotatable bonds is 6. The Morgan fingerprint density at radius 1 is 1.21 bits per heavy atom. The lowest BCUT2D eigenvalue weighted by atomic mass is 10.0. The van der Waals surface area contributed by atoms with E-state index in [1.807, 2.05) is 20.8 Å². The zero-order valence-electron chi connectivity index (χ0n) is 11.2. The third-order valence-electron chi connectivity index (χ3n) is 3.12. The van der Waals surface area contributed by atoms with Crippen LogP contribution in [-0.4, -0.2) is 15.4 Å². The number of nitrogens with one attached hydrogen (secondary N) is 1. The number of nitrogens with zero attached hydrogens (tertiary/aromatic N) is 2. The van der Waals surface area contributed by atoms with E-state index in [1.165, 1.54) is 12.1 Å². The molecule has 0 saturated carbocycles. The fraction of sp³-hybridized carbons (Fsp3) is 0.500. The normalized spacial score (nSPS) is 11.3. The topological polar surface area (TPSA) is 98.3 Å². The number of nitro groups is 2. The van der Waals surface area contributed by atoms with Crippen LogP contribution < -0.4 is 5.32 Å². The fourth-order valence-corrected chi connectivity index (χ4v) is 1.44. The number of non-ortho nitro benzene ring substituents is 1. The van der Waals surface area contributed by atoms with Gasteiger partial charge < -0.3 is 5.32 Å². The minimum atomic E-state index is -0.639. The molecule has 0 spiro atoms. The second kappa shape index (κ2) is 5.75. The van der Waals surface area contributed by atoms with E-state index in [2.05, 4.69) is 5.32 Å². The largest absolute Gasteiger partial charge is 0.307 e. The molecular formula is C12H17N3O4.